The van der Waals surface area contributed by atoms with Gasteiger partial charge in [-0.2, -0.15) is 0 Å². The Bertz CT molecular complexity index is 767. The molecule has 7 heteroatoms. The van der Waals surface area contributed by atoms with Crippen molar-refractivity contribution in [1.29, 1.82) is 0 Å². The van der Waals surface area contributed by atoms with Crippen molar-refractivity contribution in [3.05, 3.63) is 48.1 Å². The lowest BCUT2D eigenvalue weighted by atomic mass is 10.0. The highest BCUT2D eigenvalue weighted by molar-refractivity contribution is 7.92. The summed E-state index contributed by atoms with van der Waals surface area (Å²) in [5.74, 6) is -0.138. The summed E-state index contributed by atoms with van der Waals surface area (Å²) >= 11 is 0. The van der Waals surface area contributed by atoms with Gasteiger partial charge in [0.25, 0.3) is 0 Å². The lowest BCUT2D eigenvalue weighted by molar-refractivity contribution is 0.599. The van der Waals surface area contributed by atoms with Gasteiger partial charge in [-0.3, -0.25) is 0 Å². The summed E-state index contributed by atoms with van der Waals surface area (Å²) in [7, 11) is -2.09. The number of nitrogens with zero attached hydrogens (tertiary/aromatic N) is 3. The van der Waals surface area contributed by atoms with Gasteiger partial charge < -0.3 is 0 Å². The van der Waals surface area contributed by atoms with Crippen LogP contribution in [0.15, 0.2) is 36.7 Å². The fourth-order valence-corrected chi connectivity index (χ4v) is 2.19. The quantitative estimate of drug-likeness (QED) is 0.631. The van der Waals surface area contributed by atoms with Crippen molar-refractivity contribution in [3.8, 4) is 0 Å². The average Bonchev–Trinajstić information content (AvgIpc) is 2.61. The molecule has 1 rings (SSSR count). The lowest BCUT2D eigenvalue weighted by Gasteiger charge is -2.18. The van der Waals surface area contributed by atoms with Gasteiger partial charge in [-0.1, -0.05) is 46.4 Å². The molecule has 0 spiro atoms. The highest BCUT2D eigenvalue weighted by atomic mass is 32.2. The second-order valence-corrected chi connectivity index (χ2v) is 7.61. The summed E-state index contributed by atoms with van der Waals surface area (Å²) in [6, 6.07) is 1.78. The van der Waals surface area contributed by atoms with E-state index in [1.54, 1.807) is 18.2 Å². The minimum absolute atomic E-state index is 0.0824. The van der Waals surface area contributed by atoms with E-state index >= 15 is 0 Å². The van der Waals surface area contributed by atoms with Crippen molar-refractivity contribution in [1.82, 2.24) is 9.97 Å². The molecule has 0 aliphatic heterocycles. The number of allylic oxidation sites excluding steroid dienone is 5. The zero-order valence-corrected chi connectivity index (χ0v) is 17.6. The maximum absolute atomic E-state index is 13.0. The Balaban J connectivity index is 0.00000301. The van der Waals surface area contributed by atoms with Gasteiger partial charge in [0.05, 0.1) is 17.8 Å². The Morgan fingerprint density at radius 3 is 2.35 bits per heavy atom. The fourth-order valence-electron chi connectivity index (χ4n) is 1.81. The van der Waals surface area contributed by atoms with Gasteiger partial charge in [-0.15, -0.1) is 0 Å². The minimum Gasteiger partial charge on any atom is -0.241 e. The molecule has 0 aromatic carbocycles. The third kappa shape index (κ3) is 7.07. The second kappa shape index (κ2) is 10.9. The van der Waals surface area contributed by atoms with E-state index in [0.717, 1.165) is 22.7 Å². The van der Waals surface area contributed by atoms with E-state index in [1.165, 1.54) is 20.0 Å². The number of rotatable bonds is 7. The predicted molar refractivity (Wildman–Crippen MR) is 108 cm³/mol. The largest absolute Gasteiger partial charge is 0.241 e. The fraction of sp³-hybridized carbons (Fsp3) is 0.474. The van der Waals surface area contributed by atoms with Crippen LogP contribution in [-0.2, 0) is 10.0 Å². The van der Waals surface area contributed by atoms with E-state index in [2.05, 4.69) is 16.5 Å². The van der Waals surface area contributed by atoms with Gasteiger partial charge in [-0.25, -0.2) is 27.1 Å². The molecule has 1 aromatic rings. The number of halogens is 1. The zero-order chi connectivity index (χ0) is 20.5. The molecular weight excluding hydrogens is 353 g/mol. The van der Waals surface area contributed by atoms with Crippen LogP contribution in [0.3, 0.4) is 0 Å². The zero-order valence-electron chi connectivity index (χ0n) is 16.7. The maximum atomic E-state index is 13.0. The van der Waals surface area contributed by atoms with Crippen molar-refractivity contribution in [3.63, 3.8) is 0 Å². The summed E-state index contributed by atoms with van der Waals surface area (Å²) in [5.41, 5.74) is 1.81. The van der Waals surface area contributed by atoms with E-state index in [0.29, 0.717) is 11.3 Å². The molecule has 5 nitrogen and oxygen atoms in total. The van der Waals surface area contributed by atoms with Crippen LogP contribution in [0.4, 0.5) is 10.3 Å². The van der Waals surface area contributed by atoms with Crippen molar-refractivity contribution in [2.24, 2.45) is 0 Å². The van der Waals surface area contributed by atoms with E-state index in [1.807, 2.05) is 27.7 Å². The van der Waals surface area contributed by atoms with Gasteiger partial charge in [0.15, 0.2) is 0 Å². The highest BCUT2D eigenvalue weighted by Crippen LogP contribution is 2.24. The van der Waals surface area contributed by atoms with Gasteiger partial charge in [0.2, 0.25) is 16.0 Å². The highest BCUT2D eigenvalue weighted by Gasteiger charge is 2.19. The Morgan fingerprint density at radius 1 is 1.35 bits per heavy atom. The summed E-state index contributed by atoms with van der Waals surface area (Å²) in [4.78, 5) is 8.68. The van der Waals surface area contributed by atoms with Crippen LogP contribution in [0.25, 0.3) is 5.57 Å². The smallest absolute Gasteiger partial charge is 0.239 e. The maximum Gasteiger partial charge on any atom is 0.239 e. The number of aromatic nitrogens is 2. The number of sulfonamides is 1. The number of anilines is 1. The summed E-state index contributed by atoms with van der Waals surface area (Å²) in [6.45, 7) is 13.1. The molecule has 0 N–H and O–H groups in total. The standard InChI is InChI=1S/C17H24FN3O2S.C2H6/c1-7-12(3)15-11-16(14(8-2)10-9-13(4)18)20-17(19-15)21(5)24(6,22)23;1-2/h8-12H,2,7H2,1,3-6H3;1-2H3/b13-9+,14-10+;. The third-order valence-electron chi connectivity index (χ3n) is 3.64. The Kier molecular flexibility index (Phi) is 10.0. The van der Waals surface area contributed by atoms with E-state index in [9.17, 15) is 12.8 Å². The molecular formula is C19H30FN3O2S. The molecule has 0 fully saturated rings. The van der Waals surface area contributed by atoms with Crippen LogP contribution < -0.4 is 4.31 Å². The second-order valence-electron chi connectivity index (χ2n) is 5.60. The van der Waals surface area contributed by atoms with Crippen LogP contribution in [0.5, 0.6) is 0 Å². The topological polar surface area (TPSA) is 63.2 Å². The normalized spacial score (nSPS) is 13.5. The predicted octanol–water partition coefficient (Wildman–Crippen LogP) is 4.85. The number of hydrogen-bond donors (Lipinski definition) is 0. The van der Waals surface area contributed by atoms with Gasteiger partial charge in [0, 0.05) is 12.7 Å². The van der Waals surface area contributed by atoms with Crippen LogP contribution in [0.1, 0.15) is 58.3 Å². The summed E-state index contributed by atoms with van der Waals surface area (Å²) < 4.78 is 37.6. The summed E-state index contributed by atoms with van der Waals surface area (Å²) in [6.07, 6.45) is 6.34. The Labute approximate surface area is 157 Å². The van der Waals surface area contributed by atoms with Crippen LogP contribution in [0, 0.1) is 0 Å². The Morgan fingerprint density at radius 2 is 1.92 bits per heavy atom. The van der Waals surface area contributed by atoms with Crippen LogP contribution in [-0.4, -0.2) is 31.7 Å². The molecule has 0 aliphatic carbocycles. The molecule has 0 bridgehead atoms. The van der Waals surface area contributed by atoms with Crippen molar-refractivity contribution in [2.75, 3.05) is 17.6 Å². The third-order valence-corrected chi connectivity index (χ3v) is 4.80. The monoisotopic (exact) mass is 383 g/mol. The first-order valence-corrected chi connectivity index (χ1v) is 10.4. The molecule has 0 amide bonds. The Hall–Kier alpha value is -2.02. The van der Waals surface area contributed by atoms with Gasteiger partial charge in [0.1, 0.15) is 0 Å². The first kappa shape index (κ1) is 24.0. The average molecular weight is 384 g/mol. The minimum atomic E-state index is -3.49. The molecule has 1 unspecified atom stereocenters. The molecule has 0 radical (unpaired) electrons. The van der Waals surface area contributed by atoms with Gasteiger partial charge >= 0.3 is 0 Å². The van der Waals surface area contributed by atoms with Crippen LogP contribution in [0.2, 0.25) is 0 Å². The molecule has 1 heterocycles. The summed E-state index contributed by atoms with van der Waals surface area (Å²) in [5, 5.41) is 0. The molecule has 26 heavy (non-hydrogen) atoms. The van der Waals surface area contributed by atoms with Gasteiger partial charge in [-0.05, 0) is 37.0 Å². The number of hydrogen-bond acceptors (Lipinski definition) is 4. The van der Waals surface area contributed by atoms with Crippen molar-refractivity contribution < 1.29 is 12.8 Å². The van der Waals surface area contributed by atoms with Crippen molar-refractivity contribution in [2.45, 2.75) is 47.0 Å². The molecule has 1 atom stereocenters. The molecule has 0 saturated carbocycles. The van der Waals surface area contributed by atoms with E-state index in [-0.39, 0.29) is 17.7 Å². The van der Waals surface area contributed by atoms with Crippen LogP contribution >= 0.6 is 0 Å². The van der Waals surface area contributed by atoms with E-state index in [4.69, 9.17) is 0 Å². The molecule has 0 saturated heterocycles. The molecule has 0 aliphatic rings. The molecule has 146 valence electrons. The first-order valence-electron chi connectivity index (χ1n) is 8.59. The van der Waals surface area contributed by atoms with Crippen molar-refractivity contribution >= 4 is 21.5 Å². The first-order chi connectivity index (χ1) is 12.1. The van der Waals surface area contributed by atoms with E-state index < -0.39 is 10.0 Å². The SMILES string of the molecule is C=C/C(=C\C=C(/C)F)c1cc(C(C)CC)nc(N(C)S(C)(=O)=O)n1.CC. The lowest BCUT2D eigenvalue weighted by Crippen LogP contribution is -2.27. The molecule has 1 aromatic heterocycles.